The number of carbonyl (C=O) groups is 1. The van der Waals surface area contributed by atoms with Crippen LogP contribution in [0.1, 0.15) is 42.7 Å². The molecular formula is C24H24N6OS2. The van der Waals surface area contributed by atoms with Crippen molar-refractivity contribution in [2.45, 2.75) is 42.8 Å². The fourth-order valence-corrected chi connectivity index (χ4v) is 6.42. The Kier molecular flexibility index (Phi) is 5.59. The van der Waals surface area contributed by atoms with Gasteiger partial charge in [0.15, 0.2) is 11.0 Å². The van der Waals surface area contributed by atoms with Gasteiger partial charge in [0.25, 0.3) is 0 Å². The van der Waals surface area contributed by atoms with Crippen LogP contribution in [0.4, 0.5) is 0 Å². The van der Waals surface area contributed by atoms with Gasteiger partial charge in [-0.1, -0.05) is 23.9 Å². The van der Waals surface area contributed by atoms with E-state index in [0.29, 0.717) is 17.7 Å². The SMILES string of the molecule is O=C(CSc1nnc(-c2ccncc2)n1C1CC1)N1CCC[C@@H](c2nc3ccccc3s2)C1. The number of rotatable bonds is 6. The molecule has 0 spiro atoms. The van der Waals surface area contributed by atoms with Crippen LogP contribution < -0.4 is 0 Å². The summed E-state index contributed by atoms with van der Waals surface area (Å²) in [5.74, 6) is 1.73. The molecule has 0 bridgehead atoms. The maximum Gasteiger partial charge on any atom is 0.233 e. The van der Waals surface area contributed by atoms with E-state index in [4.69, 9.17) is 4.98 Å². The Morgan fingerprint density at radius 3 is 2.76 bits per heavy atom. The van der Waals surface area contributed by atoms with Crippen LogP contribution in [0.3, 0.4) is 0 Å². The summed E-state index contributed by atoms with van der Waals surface area (Å²) in [5.41, 5.74) is 2.07. The third-order valence-electron chi connectivity index (χ3n) is 6.27. The maximum atomic E-state index is 13.1. The van der Waals surface area contributed by atoms with Gasteiger partial charge in [0, 0.05) is 43.0 Å². The van der Waals surface area contributed by atoms with Crippen molar-refractivity contribution in [2.75, 3.05) is 18.8 Å². The summed E-state index contributed by atoms with van der Waals surface area (Å²) in [5, 5.41) is 10.9. The summed E-state index contributed by atoms with van der Waals surface area (Å²) in [7, 11) is 0. The predicted molar refractivity (Wildman–Crippen MR) is 130 cm³/mol. The van der Waals surface area contributed by atoms with Crippen LogP contribution in [0.2, 0.25) is 0 Å². The number of aromatic nitrogens is 5. The number of para-hydroxylation sites is 1. The van der Waals surface area contributed by atoms with Gasteiger partial charge in [0.05, 0.1) is 21.0 Å². The number of piperidine rings is 1. The van der Waals surface area contributed by atoms with Gasteiger partial charge in [-0.3, -0.25) is 14.3 Å². The Morgan fingerprint density at radius 1 is 1.09 bits per heavy atom. The molecular weight excluding hydrogens is 452 g/mol. The molecule has 0 unspecified atom stereocenters. The number of thiazole rings is 1. The van der Waals surface area contributed by atoms with Crippen molar-refractivity contribution in [1.29, 1.82) is 0 Å². The van der Waals surface area contributed by atoms with Crippen LogP contribution in [0.15, 0.2) is 53.9 Å². The maximum absolute atomic E-state index is 13.1. The predicted octanol–water partition coefficient (Wildman–Crippen LogP) is 4.78. The fraction of sp³-hybridized carbons (Fsp3) is 0.375. The van der Waals surface area contributed by atoms with E-state index in [1.54, 1.807) is 23.7 Å². The molecule has 1 saturated carbocycles. The smallest absolute Gasteiger partial charge is 0.233 e. The van der Waals surface area contributed by atoms with Crippen molar-refractivity contribution in [1.82, 2.24) is 29.6 Å². The van der Waals surface area contributed by atoms with Gasteiger partial charge < -0.3 is 4.90 Å². The van der Waals surface area contributed by atoms with E-state index in [1.807, 2.05) is 23.1 Å². The quantitative estimate of drug-likeness (QED) is 0.373. The standard InChI is InChI=1S/C24H24N6OS2/c31-21(29-13-3-4-17(14-29)23-26-19-5-1-2-6-20(19)33-23)15-32-24-28-27-22(30(24)18-7-8-18)16-9-11-25-12-10-16/h1-2,5-6,9-12,17-18H,3-4,7-8,13-15H2/t17-/m1/s1. The first kappa shape index (κ1) is 20.8. The summed E-state index contributed by atoms with van der Waals surface area (Å²) >= 11 is 3.26. The lowest BCUT2D eigenvalue weighted by molar-refractivity contribution is -0.129. The summed E-state index contributed by atoms with van der Waals surface area (Å²) in [6.45, 7) is 1.56. The zero-order valence-corrected chi connectivity index (χ0v) is 19.8. The molecule has 0 radical (unpaired) electrons. The number of benzene rings is 1. The topological polar surface area (TPSA) is 76.8 Å². The second kappa shape index (κ2) is 8.87. The summed E-state index contributed by atoms with van der Waals surface area (Å²) in [6.07, 6.45) is 7.91. The number of amides is 1. The van der Waals surface area contributed by atoms with E-state index in [-0.39, 0.29) is 5.91 Å². The first-order valence-corrected chi connectivity index (χ1v) is 13.2. The molecule has 33 heavy (non-hydrogen) atoms. The van der Waals surface area contributed by atoms with Gasteiger partial charge in [-0.05, 0) is 49.9 Å². The number of thioether (sulfide) groups is 1. The van der Waals surface area contributed by atoms with Crippen molar-refractivity contribution in [3.63, 3.8) is 0 Å². The summed E-state index contributed by atoms with van der Waals surface area (Å²) in [4.78, 5) is 24.1. The number of likely N-dealkylation sites (tertiary alicyclic amines) is 1. The van der Waals surface area contributed by atoms with Crippen molar-refractivity contribution in [2.24, 2.45) is 0 Å². The van der Waals surface area contributed by atoms with Crippen molar-refractivity contribution in [3.8, 4) is 11.4 Å². The Labute approximate surface area is 200 Å². The lowest BCUT2D eigenvalue weighted by Gasteiger charge is -2.31. The molecule has 2 fully saturated rings. The number of fused-ring (bicyclic) bond motifs is 1. The van der Waals surface area contributed by atoms with Crippen LogP contribution in [-0.2, 0) is 4.79 Å². The van der Waals surface area contributed by atoms with Crippen LogP contribution in [0.5, 0.6) is 0 Å². The van der Waals surface area contributed by atoms with E-state index >= 15 is 0 Å². The highest BCUT2D eigenvalue weighted by Gasteiger charge is 2.31. The molecule has 2 aliphatic rings. The minimum absolute atomic E-state index is 0.168. The molecule has 0 N–H and O–H groups in total. The molecule has 1 aliphatic heterocycles. The number of carbonyl (C=O) groups excluding carboxylic acids is 1. The third kappa shape index (κ3) is 4.27. The normalized spacial score (nSPS) is 18.7. The van der Waals surface area contributed by atoms with Gasteiger partial charge in [-0.25, -0.2) is 4.98 Å². The third-order valence-corrected chi connectivity index (χ3v) is 8.40. The minimum Gasteiger partial charge on any atom is -0.341 e. The number of nitrogens with zero attached hydrogens (tertiary/aromatic N) is 6. The lowest BCUT2D eigenvalue weighted by Crippen LogP contribution is -2.40. The zero-order valence-electron chi connectivity index (χ0n) is 18.1. The van der Waals surface area contributed by atoms with E-state index in [1.165, 1.54) is 16.5 Å². The zero-order chi connectivity index (χ0) is 22.2. The molecule has 1 amide bonds. The molecule has 1 atom stereocenters. The Hall–Kier alpha value is -2.78. The molecule has 1 saturated heterocycles. The van der Waals surface area contributed by atoms with Gasteiger partial charge in [-0.2, -0.15) is 0 Å². The Bertz CT molecular complexity index is 1250. The molecule has 7 nitrogen and oxygen atoms in total. The second-order valence-electron chi connectivity index (χ2n) is 8.63. The highest BCUT2D eigenvalue weighted by Crippen LogP contribution is 2.41. The second-order valence-corrected chi connectivity index (χ2v) is 10.6. The molecule has 168 valence electrons. The average molecular weight is 477 g/mol. The van der Waals surface area contributed by atoms with E-state index in [0.717, 1.165) is 65.8 Å². The van der Waals surface area contributed by atoms with E-state index in [2.05, 4.69) is 37.9 Å². The monoisotopic (exact) mass is 476 g/mol. The number of hydrogen-bond acceptors (Lipinski definition) is 7. The molecule has 1 aromatic carbocycles. The first-order valence-electron chi connectivity index (χ1n) is 11.4. The van der Waals surface area contributed by atoms with Crippen molar-refractivity contribution < 1.29 is 4.79 Å². The molecule has 6 rings (SSSR count). The van der Waals surface area contributed by atoms with Crippen molar-refractivity contribution >= 4 is 39.2 Å². The van der Waals surface area contributed by atoms with Gasteiger partial charge >= 0.3 is 0 Å². The molecule has 9 heteroatoms. The van der Waals surface area contributed by atoms with Crippen molar-refractivity contribution in [3.05, 3.63) is 53.8 Å². The van der Waals surface area contributed by atoms with E-state index in [9.17, 15) is 4.79 Å². The Balaban J connectivity index is 1.14. The minimum atomic E-state index is 0.168. The van der Waals surface area contributed by atoms with Crippen LogP contribution in [0.25, 0.3) is 21.6 Å². The highest BCUT2D eigenvalue weighted by atomic mass is 32.2. The summed E-state index contributed by atoms with van der Waals surface area (Å²) < 4.78 is 3.42. The number of pyridine rings is 1. The van der Waals surface area contributed by atoms with Gasteiger partial charge in [0.2, 0.25) is 5.91 Å². The molecule has 3 aromatic heterocycles. The summed E-state index contributed by atoms with van der Waals surface area (Å²) in [6, 6.07) is 12.6. The highest BCUT2D eigenvalue weighted by molar-refractivity contribution is 7.99. The van der Waals surface area contributed by atoms with Gasteiger partial charge in [0.1, 0.15) is 0 Å². The first-order chi connectivity index (χ1) is 16.3. The largest absolute Gasteiger partial charge is 0.341 e. The fourth-order valence-electron chi connectivity index (χ4n) is 4.42. The van der Waals surface area contributed by atoms with Crippen LogP contribution >= 0.6 is 23.1 Å². The Morgan fingerprint density at radius 2 is 1.94 bits per heavy atom. The number of hydrogen-bond donors (Lipinski definition) is 0. The van der Waals surface area contributed by atoms with Crippen LogP contribution in [0, 0.1) is 0 Å². The van der Waals surface area contributed by atoms with Gasteiger partial charge in [-0.15, -0.1) is 21.5 Å². The lowest BCUT2D eigenvalue weighted by atomic mass is 9.99. The molecule has 4 heterocycles. The average Bonchev–Trinajstić information content (AvgIpc) is 3.46. The molecule has 4 aromatic rings. The van der Waals surface area contributed by atoms with Crippen LogP contribution in [-0.4, -0.2) is 54.4 Å². The molecule has 1 aliphatic carbocycles. The van der Waals surface area contributed by atoms with E-state index < -0.39 is 0 Å².